The molecule has 1 amide bonds. The predicted molar refractivity (Wildman–Crippen MR) is 105 cm³/mol. The van der Waals surface area contributed by atoms with Gasteiger partial charge in [0.15, 0.2) is 0 Å². The molecule has 142 valence electrons. The van der Waals surface area contributed by atoms with E-state index >= 15 is 0 Å². The topological polar surface area (TPSA) is 68.0 Å². The molecule has 0 aliphatic rings. The van der Waals surface area contributed by atoms with Crippen LogP contribution in [0.4, 0.5) is 5.69 Å². The Hall–Kier alpha value is -2.93. The van der Waals surface area contributed by atoms with E-state index in [9.17, 15) is 4.79 Å². The van der Waals surface area contributed by atoms with Crippen molar-refractivity contribution in [3.05, 3.63) is 64.7 Å². The second kappa shape index (κ2) is 7.75. The summed E-state index contributed by atoms with van der Waals surface area (Å²) in [4.78, 5) is 14.6. The van der Waals surface area contributed by atoms with Gasteiger partial charge in [-0.15, -0.1) is 0 Å². The molecular weight excluding hydrogens is 340 g/mol. The van der Waals surface area contributed by atoms with E-state index < -0.39 is 0 Å². The number of carbonyl (C=O) groups is 1. The number of carbonyl (C=O) groups excluding carboxylic acids is 1. The fraction of sp³-hybridized carbons (Fsp3) is 0.350. The van der Waals surface area contributed by atoms with Crippen LogP contribution < -0.4 is 5.32 Å². The van der Waals surface area contributed by atoms with E-state index in [2.05, 4.69) is 34.4 Å². The molecule has 1 aromatic carbocycles. The van der Waals surface area contributed by atoms with Crippen molar-refractivity contribution in [3.8, 4) is 0 Å². The smallest absolute Gasteiger partial charge is 0.255 e. The van der Waals surface area contributed by atoms with E-state index in [4.69, 9.17) is 0 Å². The lowest BCUT2D eigenvalue weighted by Crippen LogP contribution is -2.18. The lowest BCUT2D eigenvalue weighted by Gasteiger charge is -2.17. The van der Waals surface area contributed by atoms with Gasteiger partial charge in [-0.2, -0.15) is 10.2 Å². The molecule has 7 heteroatoms. The Morgan fingerprint density at radius 2 is 1.85 bits per heavy atom. The van der Waals surface area contributed by atoms with Crippen molar-refractivity contribution in [1.82, 2.24) is 24.5 Å². The summed E-state index contributed by atoms with van der Waals surface area (Å²) in [6, 6.07) is 7.71. The first-order valence-electron chi connectivity index (χ1n) is 8.90. The number of hydrogen-bond donors (Lipinski definition) is 1. The first-order chi connectivity index (χ1) is 12.8. The minimum Gasteiger partial charge on any atom is -0.319 e. The van der Waals surface area contributed by atoms with Gasteiger partial charge < -0.3 is 5.32 Å². The van der Waals surface area contributed by atoms with E-state index in [1.165, 1.54) is 11.3 Å². The highest BCUT2D eigenvalue weighted by Gasteiger charge is 2.12. The highest BCUT2D eigenvalue weighted by molar-refractivity contribution is 6.04. The van der Waals surface area contributed by atoms with Gasteiger partial charge in [-0.3, -0.25) is 19.1 Å². The minimum atomic E-state index is -0.135. The van der Waals surface area contributed by atoms with Crippen LogP contribution in [0.5, 0.6) is 0 Å². The van der Waals surface area contributed by atoms with E-state index in [-0.39, 0.29) is 5.91 Å². The Kier molecular flexibility index (Phi) is 5.41. The number of aryl methyl sites for hydroxylation is 3. The number of hydrogen-bond acceptors (Lipinski definition) is 4. The van der Waals surface area contributed by atoms with Crippen LogP contribution in [0, 0.1) is 13.8 Å². The van der Waals surface area contributed by atoms with Gasteiger partial charge in [0.1, 0.15) is 0 Å². The van der Waals surface area contributed by atoms with Crippen LogP contribution in [-0.2, 0) is 27.2 Å². The maximum atomic E-state index is 12.3. The second-order valence-corrected chi connectivity index (χ2v) is 7.00. The van der Waals surface area contributed by atoms with E-state index in [0.717, 1.165) is 24.3 Å². The van der Waals surface area contributed by atoms with Crippen LogP contribution in [0.2, 0.25) is 0 Å². The quantitative estimate of drug-likeness (QED) is 0.728. The molecule has 2 aromatic heterocycles. The van der Waals surface area contributed by atoms with Crippen molar-refractivity contribution in [3.63, 3.8) is 0 Å². The van der Waals surface area contributed by atoms with Gasteiger partial charge in [0, 0.05) is 50.2 Å². The molecule has 0 fully saturated rings. The number of benzene rings is 1. The van der Waals surface area contributed by atoms with Crippen LogP contribution >= 0.6 is 0 Å². The third-order valence-corrected chi connectivity index (χ3v) is 4.72. The van der Waals surface area contributed by atoms with Crippen molar-refractivity contribution >= 4 is 11.6 Å². The van der Waals surface area contributed by atoms with Crippen molar-refractivity contribution in [2.45, 2.75) is 26.9 Å². The third-order valence-electron chi connectivity index (χ3n) is 4.72. The third kappa shape index (κ3) is 4.43. The zero-order chi connectivity index (χ0) is 19.6. The Balaban J connectivity index is 1.60. The lowest BCUT2D eigenvalue weighted by molar-refractivity contribution is 0.102. The summed E-state index contributed by atoms with van der Waals surface area (Å²) in [6.45, 7) is 5.79. The van der Waals surface area contributed by atoms with Crippen molar-refractivity contribution in [1.29, 1.82) is 0 Å². The van der Waals surface area contributed by atoms with Crippen LogP contribution in [0.15, 0.2) is 36.7 Å². The molecule has 0 saturated heterocycles. The fourth-order valence-corrected chi connectivity index (χ4v) is 3.13. The summed E-state index contributed by atoms with van der Waals surface area (Å²) in [5, 5.41) is 11.4. The number of nitrogens with one attached hydrogen (secondary N) is 1. The van der Waals surface area contributed by atoms with Gasteiger partial charge in [0.2, 0.25) is 0 Å². The van der Waals surface area contributed by atoms with Gasteiger partial charge in [0.05, 0.1) is 17.6 Å². The molecule has 27 heavy (non-hydrogen) atoms. The number of nitrogens with zero attached hydrogens (tertiary/aromatic N) is 5. The first kappa shape index (κ1) is 18.8. The van der Waals surface area contributed by atoms with E-state index in [0.29, 0.717) is 11.3 Å². The van der Waals surface area contributed by atoms with Gasteiger partial charge in [0.25, 0.3) is 5.91 Å². The Morgan fingerprint density at radius 3 is 2.41 bits per heavy atom. The predicted octanol–water partition coefficient (Wildman–Crippen LogP) is 2.65. The molecule has 0 atom stereocenters. The maximum Gasteiger partial charge on any atom is 0.255 e. The number of rotatable bonds is 6. The molecule has 0 aliphatic heterocycles. The molecule has 3 aromatic rings. The average Bonchev–Trinajstić information content (AvgIpc) is 3.13. The van der Waals surface area contributed by atoms with E-state index in [1.807, 2.05) is 50.0 Å². The number of anilines is 1. The molecule has 0 spiro atoms. The number of aromatic nitrogens is 4. The summed E-state index contributed by atoms with van der Waals surface area (Å²) in [7, 11) is 5.88. The van der Waals surface area contributed by atoms with Crippen LogP contribution in [0.25, 0.3) is 0 Å². The summed E-state index contributed by atoms with van der Waals surface area (Å²) in [5.74, 6) is -0.135. The summed E-state index contributed by atoms with van der Waals surface area (Å²) < 4.78 is 3.58. The minimum absolute atomic E-state index is 0.135. The monoisotopic (exact) mass is 366 g/mol. The molecule has 7 nitrogen and oxygen atoms in total. The van der Waals surface area contributed by atoms with Gasteiger partial charge >= 0.3 is 0 Å². The molecule has 1 N–H and O–H groups in total. The largest absolute Gasteiger partial charge is 0.319 e. The van der Waals surface area contributed by atoms with Gasteiger partial charge in [-0.1, -0.05) is 12.1 Å². The van der Waals surface area contributed by atoms with Crippen LogP contribution in [-0.4, -0.2) is 37.4 Å². The molecule has 2 heterocycles. The van der Waals surface area contributed by atoms with Crippen molar-refractivity contribution < 1.29 is 4.79 Å². The Morgan fingerprint density at radius 1 is 1.15 bits per heavy atom. The van der Waals surface area contributed by atoms with E-state index in [1.54, 1.807) is 17.1 Å². The van der Waals surface area contributed by atoms with Crippen LogP contribution in [0.3, 0.4) is 0 Å². The lowest BCUT2D eigenvalue weighted by atomic mass is 10.1. The molecular formula is C20H26N6O. The van der Waals surface area contributed by atoms with Crippen molar-refractivity contribution in [2.24, 2.45) is 14.1 Å². The molecule has 0 radical (unpaired) electrons. The van der Waals surface area contributed by atoms with Crippen LogP contribution in [0.1, 0.15) is 32.9 Å². The van der Waals surface area contributed by atoms with Gasteiger partial charge in [-0.05, 0) is 38.6 Å². The zero-order valence-corrected chi connectivity index (χ0v) is 16.5. The summed E-state index contributed by atoms with van der Waals surface area (Å²) in [5.41, 5.74) is 6.02. The maximum absolute atomic E-state index is 12.3. The summed E-state index contributed by atoms with van der Waals surface area (Å²) >= 11 is 0. The number of amides is 1. The normalized spacial score (nSPS) is 11.2. The standard InChI is InChI=1S/C20H26N6O/c1-14-19(15(2)26(5)23-14)13-24(3)11-16-6-8-17(9-7-16)20(27)22-18-10-21-25(4)12-18/h6-10,12H,11,13H2,1-5H3,(H,22,27). The molecule has 0 aliphatic carbocycles. The molecule has 0 bridgehead atoms. The second-order valence-electron chi connectivity index (χ2n) is 7.00. The Bertz CT molecular complexity index is 938. The van der Waals surface area contributed by atoms with Gasteiger partial charge in [-0.25, -0.2) is 0 Å². The fourth-order valence-electron chi connectivity index (χ4n) is 3.13. The zero-order valence-electron chi connectivity index (χ0n) is 16.5. The SMILES string of the molecule is Cc1nn(C)c(C)c1CN(C)Cc1ccc(C(=O)Nc2cnn(C)c2)cc1. The molecule has 0 unspecified atom stereocenters. The first-order valence-corrected chi connectivity index (χ1v) is 8.90. The Labute approximate surface area is 159 Å². The molecule has 3 rings (SSSR count). The average molecular weight is 366 g/mol. The highest BCUT2D eigenvalue weighted by Crippen LogP contribution is 2.16. The molecule has 0 saturated carbocycles. The highest BCUT2D eigenvalue weighted by atomic mass is 16.1. The van der Waals surface area contributed by atoms with Crippen molar-refractivity contribution in [2.75, 3.05) is 12.4 Å². The summed E-state index contributed by atoms with van der Waals surface area (Å²) in [6.07, 6.45) is 3.40.